The van der Waals surface area contributed by atoms with Gasteiger partial charge < -0.3 is 10.4 Å². The molecule has 0 aliphatic rings. The van der Waals surface area contributed by atoms with Crippen LogP contribution in [0.15, 0.2) is 18.2 Å². The number of carboxylic acid groups (broad SMARTS) is 1. The highest BCUT2D eigenvalue weighted by molar-refractivity contribution is 6.06. The summed E-state index contributed by atoms with van der Waals surface area (Å²) >= 11 is 0. The minimum absolute atomic E-state index is 0.0159. The minimum Gasteiger partial charge on any atom is -0.480 e. The molecule has 0 bridgehead atoms. The van der Waals surface area contributed by atoms with E-state index in [2.05, 4.69) is 10.2 Å². The summed E-state index contributed by atoms with van der Waals surface area (Å²) in [6, 6.07) is 1.21. The van der Waals surface area contributed by atoms with E-state index in [9.17, 15) is 32.9 Å². The quantitative estimate of drug-likeness (QED) is 0.555. The Hall–Kier alpha value is -3.18. The first-order valence-electron chi connectivity index (χ1n) is 6.31. The Morgan fingerprint density at radius 3 is 2.62 bits per heavy atom. The lowest BCUT2D eigenvalue weighted by Gasteiger charge is -2.15. The number of hydrogen-bond acceptors (Lipinski definition) is 5. The second-order valence-corrected chi connectivity index (χ2v) is 4.74. The summed E-state index contributed by atoms with van der Waals surface area (Å²) in [4.78, 5) is 32.9. The number of H-pyrrole nitrogens is 1. The molecular formula is C12H9F3N4O5. The number of alkyl halides is 3. The van der Waals surface area contributed by atoms with Crippen LogP contribution in [-0.2, 0) is 4.79 Å². The van der Waals surface area contributed by atoms with Gasteiger partial charge in [0.15, 0.2) is 5.69 Å². The van der Waals surface area contributed by atoms with Crippen molar-refractivity contribution in [3.05, 3.63) is 34.0 Å². The molecule has 24 heavy (non-hydrogen) atoms. The Kier molecular flexibility index (Phi) is 4.39. The molecule has 2 rings (SSSR count). The number of aromatic nitrogens is 2. The number of nitro benzene ring substituents is 1. The zero-order chi connectivity index (χ0) is 18.1. The molecule has 1 atom stereocenters. The predicted octanol–water partition coefficient (Wildman–Crippen LogP) is 1.61. The van der Waals surface area contributed by atoms with Crippen LogP contribution in [0.3, 0.4) is 0 Å². The Morgan fingerprint density at radius 2 is 2.08 bits per heavy atom. The molecule has 0 aliphatic heterocycles. The Labute approximate surface area is 130 Å². The lowest BCUT2D eigenvalue weighted by molar-refractivity contribution is -0.384. The van der Waals surface area contributed by atoms with Crippen molar-refractivity contribution in [1.29, 1.82) is 0 Å². The van der Waals surface area contributed by atoms with Gasteiger partial charge in [0.2, 0.25) is 0 Å². The lowest BCUT2D eigenvalue weighted by Crippen LogP contribution is -2.43. The number of rotatable bonds is 5. The zero-order valence-electron chi connectivity index (χ0n) is 11.6. The van der Waals surface area contributed by atoms with Crippen LogP contribution in [0.1, 0.15) is 16.9 Å². The summed E-state index contributed by atoms with van der Waals surface area (Å²) in [5, 5.41) is 27.2. The van der Waals surface area contributed by atoms with Gasteiger partial charge in [0.05, 0.1) is 16.9 Å². The molecule has 1 amide bonds. The van der Waals surface area contributed by atoms with E-state index >= 15 is 0 Å². The maximum Gasteiger partial charge on any atom is 0.391 e. The van der Waals surface area contributed by atoms with Crippen LogP contribution in [0, 0.1) is 10.1 Å². The highest BCUT2D eigenvalue weighted by atomic mass is 19.4. The molecule has 1 aromatic heterocycles. The van der Waals surface area contributed by atoms with Gasteiger partial charge in [-0.3, -0.25) is 20.0 Å². The van der Waals surface area contributed by atoms with E-state index in [1.165, 1.54) is 6.07 Å². The summed E-state index contributed by atoms with van der Waals surface area (Å²) in [5.74, 6) is -3.06. The third-order valence-electron chi connectivity index (χ3n) is 3.01. The van der Waals surface area contributed by atoms with E-state index in [1.807, 2.05) is 0 Å². The van der Waals surface area contributed by atoms with Gasteiger partial charge in [-0.2, -0.15) is 18.3 Å². The van der Waals surface area contributed by atoms with Crippen LogP contribution in [0.2, 0.25) is 0 Å². The number of halogens is 3. The second kappa shape index (κ2) is 6.14. The summed E-state index contributed by atoms with van der Waals surface area (Å²) in [5.41, 5.74) is -0.571. The van der Waals surface area contributed by atoms with Crippen molar-refractivity contribution in [2.75, 3.05) is 0 Å². The highest BCUT2D eigenvalue weighted by Crippen LogP contribution is 2.24. The van der Waals surface area contributed by atoms with Gasteiger partial charge >= 0.3 is 12.1 Å². The average molecular weight is 346 g/mol. The fourth-order valence-corrected chi connectivity index (χ4v) is 1.95. The number of benzene rings is 1. The topological polar surface area (TPSA) is 138 Å². The number of aliphatic carboxylic acids is 1. The number of fused-ring (bicyclic) bond motifs is 1. The molecule has 0 saturated heterocycles. The number of nitrogens with one attached hydrogen (secondary N) is 2. The number of amides is 1. The molecule has 3 N–H and O–H groups in total. The van der Waals surface area contributed by atoms with E-state index in [4.69, 9.17) is 5.11 Å². The van der Waals surface area contributed by atoms with Gasteiger partial charge in [-0.05, 0) is 6.07 Å². The maximum absolute atomic E-state index is 12.3. The number of carboxylic acids is 1. The first kappa shape index (κ1) is 17.2. The van der Waals surface area contributed by atoms with Gasteiger partial charge in [-0.15, -0.1) is 0 Å². The zero-order valence-corrected chi connectivity index (χ0v) is 11.6. The Bertz CT molecular complexity index is 817. The third kappa shape index (κ3) is 3.77. The van der Waals surface area contributed by atoms with E-state index in [0.29, 0.717) is 0 Å². The number of hydrogen-bond donors (Lipinski definition) is 3. The molecule has 0 saturated carbocycles. The molecular weight excluding hydrogens is 337 g/mol. The molecule has 2 aromatic rings. The first-order chi connectivity index (χ1) is 11.1. The Balaban J connectivity index is 2.31. The van der Waals surface area contributed by atoms with Crippen molar-refractivity contribution < 1.29 is 32.8 Å². The number of nitrogens with zero attached hydrogens (tertiary/aromatic N) is 2. The fourth-order valence-electron chi connectivity index (χ4n) is 1.95. The number of aromatic amines is 1. The first-order valence-corrected chi connectivity index (χ1v) is 6.31. The molecule has 9 nitrogen and oxygen atoms in total. The van der Waals surface area contributed by atoms with E-state index in [1.54, 1.807) is 5.32 Å². The standard InChI is InChI=1S/C12H9F3N4O5/c13-12(14,15)4-8(11(21)22)16-10(20)9-6-3-5(19(23)24)1-2-7(6)17-18-9/h1-3,8H,4H2,(H,16,20)(H,17,18)(H,21,22). The van der Waals surface area contributed by atoms with Crippen molar-refractivity contribution in [2.24, 2.45) is 0 Å². The van der Waals surface area contributed by atoms with Crippen molar-refractivity contribution >= 4 is 28.5 Å². The normalized spacial score (nSPS) is 12.8. The smallest absolute Gasteiger partial charge is 0.391 e. The van der Waals surface area contributed by atoms with Gasteiger partial charge in [0, 0.05) is 17.5 Å². The summed E-state index contributed by atoms with van der Waals surface area (Å²) in [6.45, 7) is 0. The third-order valence-corrected chi connectivity index (χ3v) is 3.01. The SMILES string of the molecule is O=C(NC(CC(F)(F)F)C(=O)O)c1n[nH]c2ccc([N+](=O)[O-])cc12. The van der Waals surface area contributed by atoms with Gasteiger partial charge in [-0.25, -0.2) is 4.79 Å². The van der Waals surface area contributed by atoms with E-state index in [0.717, 1.165) is 12.1 Å². The van der Waals surface area contributed by atoms with E-state index in [-0.39, 0.29) is 16.6 Å². The maximum atomic E-state index is 12.3. The van der Waals surface area contributed by atoms with E-state index < -0.39 is 41.1 Å². The molecule has 1 unspecified atom stereocenters. The molecule has 0 spiro atoms. The predicted molar refractivity (Wildman–Crippen MR) is 72.3 cm³/mol. The Morgan fingerprint density at radius 1 is 1.42 bits per heavy atom. The van der Waals surface area contributed by atoms with Crippen LogP contribution in [0.4, 0.5) is 18.9 Å². The van der Waals surface area contributed by atoms with Crippen LogP contribution < -0.4 is 5.32 Å². The van der Waals surface area contributed by atoms with Crippen LogP contribution in [-0.4, -0.2) is 44.3 Å². The molecule has 128 valence electrons. The van der Waals surface area contributed by atoms with Crippen molar-refractivity contribution in [3.63, 3.8) is 0 Å². The fraction of sp³-hybridized carbons (Fsp3) is 0.250. The number of non-ortho nitro benzene ring substituents is 1. The summed E-state index contributed by atoms with van der Waals surface area (Å²) in [6.07, 6.45) is -6.57. The monoisotopic (exact) mass is 346 g/mol. The number of carbonyl (C=O) groups is 2. The molecule has 12 heteroatoms. The molecule has 1 aromatic carbocycles. The van der Waals surface area contributed by atoms with Gasteiger partial charge in [0.25, 0.3) is 11.6 Å². The summed E-state index contributed by atoms with van der Waals surface area (Å²) < 4.78 is 37.0. The largest absolute Gasteiger partial charge is 0.480 e. The van der Waals surface area contributed by atoms with Crippen LogP contribution in [0.5, 0.6) is 0 Å². The van der Waals surface area contributed by atoms with Crippen molar-refractivity contribution in [2.45, 2.75) is 18.6 Å². The minimum atomic E-state index is -4.80. The van der Waals surface area contributed by atoms with Crippen LogP contribution in [0.25, 0.3) is 10.9 Å². The highest BCUT2D eigenvalue weighted by Gasteiger charge is 2.36. The van der Waals surface area contributed by atoms with Crippen molar-refractivity contribution in [1.82, 2.24) is 15.5 Å². The molecule has 1 heterocycles. The van der Waals surface area contributed by atoms with Gasteiger partial charge in [-0.1, -0.05) is 0 Å². The molecule has 0 aliphatic carbocycles. The van der Waals surface area contributed by atoms with Crippen molar-refractivity contribution in [3.8, 4) is 0 Å². The number of nitro groups is 1. The average Bonchev–Trinajstić information content (AvgIpc) is 2.87. The molecule has 0 radical (unpaired) electrons. The second-order valence-electron chi connectivity index (χ2n) is 4.74. The lowest BCUT2D eigenvalue weighted by atomic mass is 10.1. The number of carbonyl (C=O) groups excluding carboxylic acids is 1. The van der Waals surface area contributed by atoms with Gasteiger partial charge in [0.1, 0.15) is 6.04 Å². The molecule has 0 fully saturated rings. The summed E-state index contributed by atoms with van der Waals surface area (Å²) in [7, 11) is 0. The van der Waals surface area contributed by atoms with Crippen LogP contribution >= 0.6 is 0 Å².